The lowest BCUT2D eigenvalue weighted by Crippen LogP contribution is -2.45. The normalized spacial score (nSPS) is 24.1. The number of fused-ring (bicyclic) bond motifs is 1. The third kappa shape index (κ3) is 4.74. The number of aliphatic hydroxyl groups is 1. The lowest BCUT2D eigenvalue weighted by atomic mass is 9.87. The first-order valence-electron chi connectivity index (χ1n) is 16.3. The lowest BCUT2D eigenvalue weighted by molar-refractivity contribution is 0.000556. The van der Waals surface area contributed by atoms with Crippen LogP contribution in [0.2, 0.25) is 0 Å². The maximum absolute atomic E-state index is 16.2. The van der Waals surface area contributed by atoms with Gasteiger partial charge in [-0.3, -0.25) is 5.32 Å². The van der Waals surface area contributed by atoms with E-state index in [9.17, 15) is 19.1 Å². The number of nitriles is 1. The summed E-state index contributed by atoms with van der Waals surface area (Å²) in [5.41, 5.74) is -2.92. The van der Waals surface area contributed by atoms with Crippen molar-refractivity contribution < 1.29 is 32.1 Å². The molecule has 2 atom stereocenters. The number of halogens is 4. The quantitative estimate of drug-likeness (QED) is 0.140. The maximum atomic E-state index is 16.2. The number of epoxide rings is 1. The fraction of sp³-hybridized carbons (Fsp3) is 0.417. The summed E-state index contributed by atoms with van der Waals surface area (Å²) in [5.74, 6) is -3.11. The van der Waals surface area contributed by atoms with Gasteiger partial charge in [0, 0.05) is 60.1 Å². The molecular weight excluding hydrogens is 626 g/mol. The van der Waals surface area contributed by atoms with E-state index in [-0.39, 0.29) is 47.1 Å². The van der Waals surface area contributed by atoms with Crippen LogP contribution in [0, 0.1) is 41.6 Å². The van der Waals surface area contributed by atoms with Gasteiger partial charge in [0.2, 0.25) is 5.79 Å². The smallest absolute Gasteiger partial charge is 0.202 e. The Balaban J connectivity index is 1.10. The highest BCUT2D eigenvalue weighted by Crippen LogP contribution is 2.53. The molecule has 1 saturated heterocycles. The van der Waals surface area contributed by atoms with Crippen LogP contribution in [0.5, 0.6) is 5.75 Å². The molecule has 2 N–H and O–H groups in total. The number of nitrogens with zero attached hydrogens (tertiary/aromatic N) is 4. The van der Waals surface area contributed by atoms with Crippen molar-refractivity contribution in [1.29, 1.82) is 5.26 Å². The van der Waals surface area contributed by atoms with Crippen molar-refractivity contribution in [3.8, 4) is 23.1 Å². The highest BCUT2D eigenvalue weighted by Gasteiger charge is 2.54. The summed E-state index contributed by atoms with van der Waals surface area (Å²) in [7, 11) is 0. The monoisotopic (exact) mass is 657 g/mol. The van der Waals surface area contributed by atoms with Gasteiger partial charge in [0.25, 0.3) is 0 Å². The Kier molecular flexibility index (Phi) is 6.13. The summed E-state index contributed by atoms with van der Waals surface area (Å²) >= 11 is 0. The number of aryl methyl sites for hydroxylation is 1. The van der Waals surface area contributed by atoms with Gasteiger partial charge in [-0.1, -0.05) is 0 Å². The second kappa shape index (κ2) is 9.87. The van der Waals surface area contributed by atoms with Crippen molar-refractivity contribution in [3.63, 3.8) is 0 Å². The molecule has 2 aromatic carbocycles. The van der Waals surface area contributed by atoms with Crippen LogP contribution in [0.25, 0.3) is 22.2 Å². The SMILES string of the molecule is Cc1cc(-c2nc([C@@](O)(CNC3(c4cc(OC5=CC5)c5nn(C6(F)CC6)cc5c4)CO3)C3CC3)cc(C3(C#N)CC3)c2F)c(F)cc1F. The van der Waals surface area contributed by atoms with E-state index in [1.165, 1.54) is 23.7 Å². The maximum Gasteiger partial charge on any atom is 0.202 e. The summed E-state index contributed by atoms with van der Waals surface area (Å²) < 4.78 is 73.9. The fourth-order valence-corrected chi connectivity index (χ4v) is 6.63. The molecular formula is C36H31F4N5O3. The minimum atomic E-state index is -1.65. The molecule has 246 valence electrons. The van der Waals surface area contributed by atoms with Gasteiger partial charge in [0.1, 0.15) is 34.2 Å². The van der Waals surface area contributed by atoms with E-state index in [0.29, 0.717) is 66.8 Å². The van der Waals surface area contributed by atoms with Crippen molar-refractivity contribution in [3.05, 3.63) is 88.2 Å². The lowest BCUT2D eigenvalue weighted by Gasteiger charge is -2.31. The van der Waals surface area contributed by atoms with E-state index < -0.39 is 40.0 Å². The molecule has 0 radical (unpaired) electrons. The molecule has 4 fully saturated rings. The van der Waals surface area contributed by atoms with Crippen molar-refractivity contribution in [2.24, 2.45) is 5.92 Å². The molecule has 0 spiro atoms. The van der Waals surface area contributed by atoms with Gasteiger partial charge in [0.05, 0.1) is 23.8 Å². The largest absolute Gasteiger partial charge is 0.459 e. The molecule has 0 bridgehead atoms. The Morgan fingerprint density at radius 2 is 1.88 bits per heavy atom. The number of rotatable bonds is 11. The van der Waals surface area contributed by atoms with Crippen LogP contribution in [0.4, 0.5) is 17.6 Å². The fourth-order valence-electron chi connectivity index (χ4n) is 6.63. The number of ether oxygens (including phenoxy) is 2. The Hall–Kier alpha value is -4.31. The van der Waals surface area contributed by atoms with E-state index in [1.807, 2.05) is 18.2 Å². The van der Waals surface area contributed by atoms with Crippen LogP contribution in [0.15, 0.2) is 48.4 Å². The summed E-state index contributed by atoms with van der Waals surface area (Å²) in [6.45, 7) is 1.65. The second-order valence-electron chi connectivity index (χ2n) is 14.0. The Morgan fingerprint density at radius 3 is 2.50 bits per heavy atom. The van der Waals surface area contributed by atoms with Crippen LogP contribution in [0.3, 0.4) is 0 Å². The number of nitrogens with one attached hydrogen (secondary N) is 1. The zero-order valence-corrected chi connectivity index (χ0v) is 26.0. The van der Waals surface area contributed by atoms with Gasteiger partial charge in [-0.2, -0.15) is 10.4 Å². The van der Waals surface area contributed by atoms with Crippen molar-refractivity contribution in [1.82, 2.24) is 20.1 Å². The molecule has 4 aliphatic carbocycles. The van der Waals surface area contributed by atoms with Crippen molar-refractivity contribution in [2.75, 3.05) is 13.2 Å². The average Bonchev–Trinajstić information content (AvgIpc) is 3.88. The number of pyridine rings is 1. The van der Waals surface area contributed by atoms with E-state index >= 15 is 8.78 Å². The molecule has 2 aromatic heterocycles. The molecule has 3 saturated carbocycles. The van der Waals surface area contributed by atoms with Crippen LogP contribution in [-0.4, -0.2) is 33.0 Å². The van der Waals surface area contributed by atoms with Gasteiger partial charge >= 0.3 is 0 Å². The molecule has 3 heterocycles. The zero-order valence-electron chi connectivity index (χ0n) is 26.0. The predicted molar refractivity (Wildman–Crippen MR) is 164 cm³/mol. The standard InChI is InChI=1S/C36H31F4N5O3/c1-19-10-24(27(38)14-26(19)37)32-30(39)25(33(16-41)6-7-33)13-29(43-32)35(46,21-2-3-21)17-42-36(18-47-36)22-11-20-15-45(34(40)8-9-34)44-31(20)28(12-22)48-23-4-5-23/h4,10-15,21,42,46H,2-3,5-9,17-18H2,1H3/t35-,36?/m1/s1. The van der Waals surface area contributed by atoms with E-state index in [4.69, 9.17) is 9.47 Å². The van der Waals surface area contributed by atoms with E-state index in [2.05, 4.69) is 21.5 Å². The summed E-state index contributed by atoms with van der Waals surface area (Å²) in [6.07, 6.45) is 7.28. The first-order chi connectivity index (χ1) is 23.0. The number of hydrogen-bond donors (Lipinski definition) is 2. The number of alkyl halides is 1. The molecule has 12 heteroatoms. The molecule has 0 amide bonds. The van der Waals surface area contributed by atoms with Gasteiger partial charge in [0.15, 0.2) is 17.3 Å². The van der Waals surface area contributed by atoms with Crippen molar-refractivity contribution in [2.45, 2.75) is 74.4 Å². The number of hydrogen-bond acceptors (Lipinski definition) is 7. The molecule has 48 heavy (non-hydrogen) atoms. The van der Waals surface area contributed by atoms with Crippen LogP contribution in [0.1, 0.15) is 67.3 Å². The summed E-state index contributed by atoms with van der Waals surface area (Å²) in [4.78, 5) is 4.51. The molecule has 9 rings (SSSR count). The molecule has 1 unspecified atom stereocenters. The van der Waals surface area contributed by atoms with Crippen LogP contribution in [-0.2, 0) is 27.3 Å². The Bertz CT molecular complexity index is 2120. The zero-order chi connectivity index (χ0) is 33.2. The van der Waals surface area contributed by atoms with E-state index in [1.54, 1.807) is 6.20 Å². The number of benzene rings is 2. The number of allylic oxidation sites excluding steroid dienone is 2. The summed E-state index contributed by atoms with van der Waals surface area (Å²) in [6, 6.07) is 9.19. The third-order valence-corrected chi connectivity index (χ3v) is 10.4. The number of aromatic nitrogens is 3. The molecule has 5 aliphatic rings. The summed E-state index contributed by atoms with van der Waals surface area (Å²) in [5, 5.41) is 31.0. The first-order valence-corrected chi connectivity index (χ1v) is 16.3. The molecule has 1 aliphatic heterocycles. The third-order valence-electron chi connectivity index (χ3n) is 10.4. The minimum absolute atomic E-state index is 0.0442. The Labute approximate surface area is 273 Å². The molecule has 8 nitrogen and oxygen atoms in total. The highest BCUT2D eigenvalue weighted by atomic mass is 19.2. The van der Waals surface area contributed by atoms with Crippen LogP contribution < -0.4 is 10.1 Å². The van der Waals surface area contributed by atoms with Crippen LogP contribution >= 0.6 is 0 Å². The molecule has 4 aromatic rings. The Morgan fingerprint density at radius 1 is 1.12 bits per heavy atom. The van der Waals surface area contributed by atoms with Gasteiger partial charge in [-0.25, -0.2) is 27.2 Å². The van der Waals surface area contributed by atoms with E-state index in [0.717, 1.165) is 12.2 Å². The first kappa shape index (κ1) is 29.8. The van der Waals surface area contributed by atoms with Gasteiger partial charge < -0.3 is 14.6 Å². The van der Waals surface area contributed by atoms with Gasteiger partial charge in [-0.15, -0.1) is 0 Å². The average molecular weight is 658 g/mol. The predicted octanol–water partition coefficient (Wildman–Crippen LogP) is 6.53. The topological polar surface area (TPSA) is 109 Å². The van der Waals surface area contributed by atoms with Crippen molar-refractivity contribution >= 4 is 10.9 Å². The van der Waals surface area contributed by atoms with Gasteiger partial charge in [-0.05, 0) is 74.4 Å². The second-order valence-corrected chi connectivity index (χ2v) is 14.0. The highest BCUT2D eigenvalue weighted by molar-refractivity contribution is 5.86. The minimum Gasteiger partial charge on any atom is -0.459 e.